The predicted octanol–water partition coefficient (Wildman–Crippen LogP) is 2.17. The summed E-state index contributed by atoms with van der Waals surface area (Å²) in [6.07, 6.45) is 0.702. The number of likely N-dealkylation sites (N-methyl/N-ethyl adjacent to an activating group) is 1. The minimum Gasteiger partial charge on any atom is -0.462 e. The van der Waals surface area contributed by atoms with Gasteiger partial charge in [0, 0.05) is 12.6 Å². The van der Waals surface area contributed by atoms with Crippen molar-refractivity contribution in [2.24, 2.45) is 0 Å². The van der Waals surface area contributed by atoms with E-state index in [0.717, 1.165) is 19.5 Å². The molecule has 0 bridgehead atoms. The largest absolute Gasteiger partial charge is 0.462 e. The van der Waals surface area contributed by atoms with Crippen LogP contribution in [0.25, 0.3) is 0 Å². The summed E-state index contributed by atoms with van der Waals surface area (Å²) in [5.74, 6) is 0. The Kier molecular flexibility index (Phi) is 7.71. The van der Waals surface area contributed by atoms with E-state index in [4.69, 9.17) is 4.74 Å². The zero-order valence-corrected chi connectivity index (χ0v) is 14.4. The predicted molar refractivity (Wildman–Crippen MR) is 82.2 cm³/mol. The van der Waals surface area contributed by atoms with Crippen LogP contribution >= 0.6 is 0 Å². The lowest BCUT2D eigenvalue weighted by molar-refractivity contribution is -0.138. The fraction of sp³-hybridized carbons (Fsp3) is 0.867. The third-order valence-corrected chi connectivity index (χ3v) is 2.51. The van der Waals surface area contributed by atoms with Crippen LogP contribution in [-0.4, -0.2) is 54.8 Å². The molecule has 1 aliphatic heterocycles. The second-order valence-corrected chi connectivity index (χ2v) is 7.22. The summed E-state index contributed by atoms with van der Waals surface area (Å²) in [4.78, 5) is 23.2. The highest BCUT2D eigenvalue weighted by Crippen LogP contribution is 2.10. The van der Waals surface area contributed by atoms with Crippen LogP contribution in [0.4, 0.5) is 4.79 Å². The molecule has 1 atom stereocenters. The molecule has 0 saturated carbocycles. The van der Waals surface area contributed by atoms with Crippen molar-refractivity contribution >= 4 is 12.6 Å². The highest BCUT2D eigenvalue weighted by atomic mass is 16.6. The Bertz CT molecular complexity index is 332. The Labute approximate surface area is 128 Å². The topological polar surface area (TPSA) is 67.9 Å². The number of carbonyl (C=O) groups excluding carboxylic acids is 2. The van der Waals surface area contributed by atoms with E-state index in [1.54, 1.807) is 0 Å². The number of amides is 1. The number of hydrogen-bond acceptors (Lipinski definition) is 5. The SMILES string of the molecule is CC(C)(C)OC=O.CN1CCC(NC(=O)OC(C)(C)C)C1. The van der Waals surface area contributed by atoms with Crippen LogP contribution < -0.4 is 5.32 Å². The van der Waals surface area contributed by atoms with E-state index in [1.807, 2.05) is 41.5 Å². The van der Waals surface area contributed by atoms with Gasteiger partial charge < -0.3 is 19.7 Å². The molecule has 1 aliphatic rings. The Morgan fingerprint density at radius 3 is 2.05 bits per heavy atom. The molecular formula is C15H30N2O4. The van der Waals surface area contributed by atoms with Crippen LogP contribution in [-0.2, 0) is 14.3 Å². The van der Waals surface area contributed by atoms with Gasteiger partial charge in [0.25, 0.3) is 6.47 Å². The van der Waals surface area contributed by atoms with Gasteiger partial charge in [-0.15, -0.1) is 0 Å². The van der Waals surface area contributed by atoms with Gasteiger partial charge in [-0.2, -0.15) is 0 Å². The van der Waals surface area contributed by atoms with Crippen molar-refractivity contribution in [3.63, 3.8) is 0 Å². The lowest BCUT2D eigenvalue weighted by atomic mass is 10.2. The Morgan fingerprint density at radius 2 is 1.76 bits per heavy atom. The van der Waals surface area contributed by atoms with E-state index >= 15 is 0 Å². The fourth-order valence-electron chi connectivity index (χ4n) is 1.67. The van der Waals surface area contributed by atoms with Crippen molar-refractivity contribution in [3.05, 3.63) is 0 Å². The van der Waals surface area contributed by atoms with Crippen LogP contribution in [0, 0.1) is 0 Å². The summed E-state index contributed by atoms with van der Waals surface area (Å²) in [5.41, 5.74) is -0.726. The molecule has 0 radical (unpaired) electrons. The summed E-state index contributed by atoms with van der Waals surface area (Å²) >= 11 is 0. The Morgan fingerprint density at radius 1 is 1.19 bits per heavy atom. The quantitative estimate of drug-likeness (QED) is 0.792. The van der Waals surface area contributed by atoms with Gasteiger partial charge in [0.2, 0.25) is 0 Å². The number of rotatable bonds is 2. The van der Waals surface area contributed by atoms with Gasteiger partial charge in [-0.25, -0.2) is 4.79 Å². The first-order valence-corrected chi connectivity index (χ1v) is 7.22. The molecule has 6 heteroatoms. The summed E-state index contributed by atoms with van der Waals surface area (Å²) in [6.45, 7) is 13.5. The van der Waals surface area contributed by atoms with Gasteiger partial charge in [0.05, 0.1) is 0 Å². The lowest BCUT2D eigenvalue weighted by Crippen LogP contribution is -2.40. The first-order valence-electron chi connectivity index (χ1n) is 7.22. The third-order valence-electron chi connectivity index (χ3n) is 2.51. The highest BCUT2D eigenvalue weighted by molar-refractivity contribution is 5.68. The van der Waals surface area contributed by atoms with Crippen molar-refractivity contribution in [2.75, 3.05) is 20.1 Å². The van der Waals surface area contributed by atoms with Crippen molar-refractivity contribution in [1.82, 2.24) is 10.2 Å². The number of alkyl carbamates (subject to hydrolysis) is 1. The highest BCUT2D eigenvalue weighted by Gasteiger charge is 2.23. The standard InChI is InChI=1S/C10H20N2O2.C5H10O2/c1-10(2,3)14-9(13)11-8-5-6-12(4)7-8;1-5(2,3)7-4-6/h8H,5-7H2,1-4H3,(H,11,13);4H,1-3H3. The number of likely N-dealkylation sites (tertiary alicyclic amines) is 1. The van der Waals surface area contributed by atoms with Gasteiger partial charge in [-0.05, 0) is 61.6 Å². The molecule has 0 aromatic rings. The molecule has 1 saturated heterocycles. The first-order chi connectivity index (χ1) is 9.43. The molecule has 0 spiro atoms. The zero-order valence-electron chi connectivity index (χ0n) is 14.4. The second kappa shape index (κ2) is 8.22. The van der Waals surface area contributed by atoms with Gasteiger partial charge in [0.1, 0.15) is 11.2 Å². The van der Waals surface area contributed by atoms with Crippen molar-refractivity contribution in [1.29, 1.82) is 0 Å². The summed E-state index contributed by atoms with van der Waals surface area (Å²) in [6, 6.07) is 0.245. The maximum absolute atomic E-state index is 11.4. The average molecular weight is 302 g/mol. The number of ether oxygens (including phenoxy) is 2. The molecule has 1 N–H and O–H groups in total. The normalized spacial score (nSPS) is 19.3. The molecule has 1 heterocycles. The van der Waals surface area contributed by atoms with Crippen LogP contribution in [0.15, 0.2) is 0 Å². The van der Waals surface area contributed by atoms with Crippen LogP contribution in [0.5, 0.6) is 0 Å². The Balaban J connectivity index is 0.000000486. The molecule has 1 rings (SSSR count). The molecule has 1 amide bonds. The fourth-order valence-corrected chi connectivity index (χ4v) is 1.67. The van der Waals surface area contributed by atoms with E-state index in [0.29, 0.717) is 6.47 Å². The minimum atomic E-state index is -0.408. The average Bonchev–Trinajstić information content (AvgIpc) is 2.59. The summed E-state index contributed by atoms with van der Waals surface area (Å²) in [5, 5.41) is 2.86. The lowest BCUT2D eigenvalue weighted by Gasteiger charge is -2.21. The monoisotopic (exact) mass is 302 g/mol. The smallest absolute Gasteiger partial charge is 0.407 e. The van der Waals surface area contributed by atoms with Crippen molar-refractivity contribution in [2.45, 2.75) is 65.2 Å². The number of hydrogen-bond donors (Lipinski definition) is 1. The minimum absolute atomic E-state index is 0.245. The van der Waals surface area contributed by atoms with Gasteiger partial charge in [0.15, 0.2) is 0 Å². The molecule has 0 aromatic carbocycles. The molecule has 0 aliphatic carbocycles. The van der Waals surface area contributed by atoms with Crippen LogP contribution in [0.2, 0.25) is 0 Å². The molecule has 6 nitrogen and oxygen atoms in total. The molecule has 21 heavy (non-hydrogen) atoms. The molecular weight excluding hydrogens is 272 g/mol. The number of nitrogens with one attached hydrogen (secondary N) is 1. The Hall–Kier alpha value is -1.30. The third kappa shape index (κ3) is 12.2. The summed E-state index contributed by atoms with van der Waals surface area (Å²) < 4.78 is 9.71. The maximum atomic E-state index is 11.4. The summed E-state index contributed by atoms with van der Waals surface area (Å²) in [7, 11) is 2.05. The second-order valence-electron chi connectivity index (χ2n) is 7.22. The maximum Gasteiger partial charge on any atom is 0.407 e. The molecule has 1 fully saturated rings. The van der Waals surface area contributed by atoms with E-state index in [2.05, 4.69) is 22.0 Å². The zero-order chi connectivity index (χ0) is 16.7. The van der Waals surface area contributed by atoms with E-state index in [9.17, 15) is 9.59 Å². The van der Waals surface area contributed by atoms with Crippen LogP contribution in [0.3, 0.4) is 0 Å². The number of nitrogens with zero attached hydrogens (tertiary/aromatic N) is 1. The van der Waals surface area contributed by atoms with Crippen molar-refractivity contribution in [3.8, 4) is 0 Å². The number of carbonyl (C=O) groups is 2. The van der Waals surface area contributed by atoms with Gasteiger partial charge >= 0.3 is 6.09 Å². The molecule has 1 unspecified atom stereocenters. The van der Waals surface area contributed by atoms with Gasteiger partial charge in [-0.3, -0.25) is 4.79 Å². The van der Waals surface area contributed by atoms with Crippen LogP contribution in [0.1, 0.15) is 48.0 Å². The van der Waals surface area contributed by atoms with Crippen molar-refractivity contribution < 1.29 is 19.1 Å². The molecule has 0 aromatic heterocycles. The molecule has 124 valence electrons. The van der Waals surface area contributed by atoms with E-state index < -0.39 is 5.60 Å². The van der Waals surface area contributed by atoms with E-state index in [1.165, 1.54) is 0 Å². The first kappa shape index (κ1) is 19.7. The van der Waals surface area contributed by atoms with E-state index in [-0.39, 0.29) is 17.7 Å². The van der Waals surface area contributed by atoms with Gasteiger partial charge in [-0.1, -0.05) is 0 Å².